The molecule has 90 valence electrons. The first kappa shape index (κ1) is 13.9. The number of benzene rings is 1. The van der Waals surface area contributed by atoms with Gasteiger partial charge in [-0.2, -0.15) is 11.8 Å². The summed E-state index contributed by atoms with van der Waals surface area (Å²) in [5.74, 6) is 1.86. The normalized spacial score (nSPS) is 12.5. The third kappa shape index (κ3) is 4.36. The molecular weight excluding hydrogens is 288 g/mol. The van der Waals surface area contributed by atoms with Gasteiger partial charge in [-0.05, 0) is 37.5 Å². The minimum atomic E-state index is -0.497. The fraction of sp³-hybridized carbons (Fsp3) is 0.500. The van der Waals surface area contributed by atoms with Gasteiger partial charge in [-0.1, -0.05) is 22.0 Å². The second kappa shape index (κ2) is 7.20. The van der Waals surface area contributed by atoms with Crippen LogP contribution in [0.25, 0.3) is 0 Å². The Labute approximate surface area is 110 Å². The molecule has 0 unspecified atom stereocenters. The van der Waals surface area contributed by atoms with E-state index in [1.165, 1.54) is 0 Å². The van der Waals surface area contributed by atoms with Crippen molar-refractivity contribution < 1.29 is 9.84 Å². The van der Waals surface area contributed by atoms with Gasteiger partial charge < -0.3 is 9.84 Å². The topological polar surface area (TPSA) is 29.5 Å². The van der Waals surface area contributed by atoms with Crippen LogP contribution >= 0.6 is 27.7 Å². The van der Waals surface area contributed by atoms with E-state index >= 15 is 0 Å². The maximum atomic E-state index is 9.60. The van der Waals surface area contributed by atoms with E-state index in [2.05, 4.69) is 22.2 Å². The molecule has 16 heavy (non-hydrogen) atoms. The highest BCUT2D eigenvalue weighted by molar-refractivity contribution is 9.10. The minimum absolute atomic E-state index is 0.497. The lowest BCUT2D eigenvalue weighted by Gasteiger charge is -2.13. The van der Waals surface area contributed by atoms with Gasteiger partial charge >= 0.3 is 0 Å². The lowest BCUT2D eigenvalue weighted by Crippen LogP contribution is -2.03. The van der Waals surface area contributed by atoms with Gasteiger partial charge in [-0.25, -0.2) is 0 Å². The Morgan fingerprint density at radius 2 is 2.25 bits per heavy atom. The van der Waals surface area contributed by atoms with Crippen molar-refractivity contribution in [3.63, 3.8) is 0 Å². The summed E-state index contributed by atoms with van der Waals surface area (Å²) in [4.78, 5) is 0. The number of halogens is 1. The van der Waals surface area contributed by atoms with Crippen LogP contribution in [-0.2, 0) is 0 Å². The number of hydrogen-bond donors (Lipinski definition) is 1. The van der Waals surface area contributed by atoms with Crippen molar-refractivity contribution in [1.29, 1.82) is 0 Å². The molecule has 1 aromatic carbocycles. The van der Waals surface area contributed by atoms with Crippen LogP contribution in [0.15, 0.2) is 22.7 Å². The molecule has 0 heterocycles. The second-order valence-corrected chi connectivity index (χ2v) is 5.45. The van der Waals surface area contributed by atoms with Gasteiger partial charge in [-0.3, -0.25) is 0 Å². The lowest BCUT2D eigenvalue weighted by molar-refractivity contribution is 0.191. The van der Waals surface area contributed by atoms with E-state index in [9.17, 15) is 5.11 Å². The van der Waals surface area contributed by atoms with Crippen LogP contribution in [0, 0.1) is 0 Å². The summed E-state index contributed by atoms with van der Waals surface area (Å²) in [7, 11) is 0. The molecular formula is C12H17BrO2S. The van der Waals surface area contributed by atoms with E-state index in [0.717, 1.165) is 28.0 Å². The third-order valence-electron chi connectivity index (χ3n) is 2.18. The van der Waals surface area contributed by atoms with E-state index in [1.54, 1.807) is 6.92 Å². The smallest absolute Gasteiger partial charge is 0.126 e. The number of aliphatic hydroxyl groups is 1. The Kier molecular flexibility index (Phi) is 6.24. The largest absolute Gasteiger partial charge is 0.493 e. The molecule has 0 amide bonds. The molecule has 0 saturated carbocycles. The van der Waals surface area contributed by atoms with Gasteiger partial charge in [0.25, 0.3) is 0 Å². The van der Waals surface area contributed by atoms with Crippen LogP contribution < -0.4 is 4.74 Å². The van der Waals surface area contributed by atoms with Crippen molar-refractivity contribution in [3.8, 4) is 5.75 Å². The Bertz CT molecular complexity index is 329. The van der Waals surface area contributed by atoms with Crippen LogP contribution in [-0.4, -0.2) is 23.7 Å². The Morgan fingerprint density at radius 3 is 2.88 bits per heavy atom. The molecule has 1 atom stereocenters. The summed E-state index contributed by atoms with van der Waals surface area (Å²) >= 11 is 5.21. The van der Waals surface area contributed by atoms with E-state index < -0.39 is 6.10 Å². The van der Waals surface area contributed by atoms with Crippen molar-refractivity contribution >= 4 is 27.7 Å². The first-order valence-corrected chi connectivity index (χ1v) is 7.43. The van der Waals surface area contributed by atoms with Gasteiger partial charge in [0.05, 0.1) is 12.7 Å². The molecule has 0 bridgehead atoms. The molecule has 0 aliphatic heterocycles. The highest BCUT2D eigenvalue weighted by Crippen LogP contribution is 2.28. The SMILES string of the molecule is CSCCCOc1cc(Br)ccc1[C@@H](C)O. The zero-order valence-corrected chi connectivity index (χ0v) is 12.0. The highest BCUT2D eigenvalue weighted by Gasteiger charge is 2.09. The molecule has 0 aliphatic rings. The van der Waals surface area contributed by atoms with E-state index in [0.29, 0.717) is 6.61 Å². The fourth-order valence-corrected chi connectivity index (χ4v) is 2.11. The summed E-state index contributed by atoms with van der Waals surface area (Å²) in [5.41, 5.74) is 0.840. The monoisotopic (exact) mass is 304 g/mol. The van der Waals surface area contributed by atoms with Gasteiger partial charge in [0.15, 0.2) is 0 Å². The maximum Gasteiger partial charge on any atom is 0.126 e. The molecule has 0 saturated heterocycles. The summed E-state index contributed by atoms with van der Waals surface area (Å²) in [6.07, 6.45) is 2.61. The van der Waals surface area contributed by atoms with E-state index in [1.807, 2.05) is 30.0 Å². The van der Waals surface area contributed by atoms with Crippen molar-refractivity contribution in [3.05, 3.63) is 28.2 Å². The zero-order valence-electron chi connectivity index (χ0n) is 9.57. The number of hydrogen-bond acceptors (Lipinski definition) is 3. The maximum absolute atomic E-state index is 9.60. The quantitative estimate of drug-likeness (QED) is 0.814. The molecule has 0 aliphatic carbocycles. The van der Waals surface area contributed by atoms with Crippen LogP contribution in [0.5, 0.6) is 5.75 Å². The summed E-state index contributed by atoms with van der Waals surface area (Å²) in [6, 6.07) is 5.70. The summed E-state index contributed by atoms with van der Waals surface area (Å²) < 4.78 is 6.65. The van der Waals surface area contributed by atoms with Crippen LogP contribution in [0.2, 0.25) is 0 Å². The number of rotatable bonds is 6. The Morgan fingerprint density at radius 1 is 1.50 bits per heavy atom. The first-order valence-electron chi connectivity index (χ1n) is 5.24. The van der Waals surface area contributed by atoms with Crippen LogP contribution in [0.3, 0.4) is 0 Å². The first-order chi connectivity index (χ1) is 7.65. The zero-order chi connectivity index (χ0) is 12.0. The number of aliphatic hydroxyl groups excluding tert-OH is 1. The molecule has 4 heteroatoms. The molecule has 0 fully saturated rings. The predicted molar refractivity (Wildman–Crippen MR) is 73.3 cm³/mol. The van der Waals surface area contributed by atoms with Crippen LogP contribution in [0.4, 0.5) is 0 Å². The molecule has 1 rings (SSSR count). The third-order valence-corrected chi connectivity index (χ3v) is 3.37. The predicted octanol–water partition coefficient (Wildman–Crippen LogP) is 3.63. The minimum Gasteiger partial charge on any atom is -0.493 e. The number of thioether (sulfide) groups is 1. The van der Waals surface area contributed by atoms with Gasteiger partial charge in [0.1, 0.15) is 5.75 Å². The Hall–Kier alpha value is -0.190. The van der Waals surface area contributed by atoms with Crippen molar-refractivity contribution in [2.24, 2.45) is 0 Å². The fourth-order valence-electron chi connectivity index (χ4n) is 1.36. The summed E-state index contributed by atoms with van der Waals surface area (Å²) in [5, 5.41) is 9.60. The highest BCUT2D eigenvalue weighted by atomic mass is 79.9. The van der Waals surface area contributed by atoms with Gasteiger partial charge in [0, 0.05) is 10.0 Å². The lowest BCUT2D eigenvalue weighted by atomic mass is 10.1. The average Bonchev–Trinajstić information content (AvgIpc) is 2.24. The molecule has 0 spiro atoms. The van der Waals surface area contributed by atoms with Crippen molar-refractivity contribution in [2.75, 3.05) is 18.6 Å². The molecule has 1 N–H and O–H groups in total. The molecule has 1 aromatic rings. The van der Waals surface area contributed by atoms with Crippen molar-refractivity contribution in [2.45, 2.75) is 19.4 Å². The summed E-state index contributed by atoms with van der Waals surface area (Å²) in [6.45, 7) is 2.44. The van der Waals surface area contributed by atoms with E-state index in [4.69, 9.17) is 4.74 Å². The standard InChI is InChI=1S/C12H17BrO2S/c1-9(14)11-5-4-10(13)8-12(11)15-6-3-7-16-2/h4-5,8-9,14H,3,6-7H2,1-2H3/t9-/m1/s1. The molecule has 2 nitrogen and oxygen atoms in total. The van der Waals surface area contributed by atoms with Gasteiger partial charge in [0.2, 0.25) is 0 Å². The van der Waals surface area contributed by atoms with E-state index in [-0.39, 0.29) is 0 Å². The average molecular weight is 305 g/mol. The van der Waals surface area contributed by atoms with Gasteiger partial charge in [-0.15, -0.1) is 0 Å². The van der Waals surface area contributed by atoms with Crippen molar-refractivity contribution in [1.82, 2.24) is 0 Å². The number of ether oxygens (including phenoxy) is 1. The molecule has 0 radical (unpaired) electrons. The second-order valence-electron chi connectivity index (χ2n) is 3.55. The Balaban J connectivity index is 2.65. The van der Waals surface area contributed by atoms with Crippen LogP contribution in [0.1, 0.15) is 25.0 Å². The molecule has 0 aromatic heterocycles.